The Balaban J connectivity index is 2.04. The Bertz CT molecular complexity index is 764. The van der Waals surface area contributed by atoms with E-state index in [9.17, 15) is 0 Å². The van der Waals surface area contributed by atoms with E-state index < -0.39 is 8.32 Å². The van der Waals surface area contributed by atoms with E-state index in [0.29, 0.717) is 19.0 Å². The third kappa shape index (κ3) is 3.46. The smallest absolute Gasteiger partial charge is 0.261 e. The fraction of sp³-hybridized carbons (Fsp3) is 0.318. The van der Waals surface area contributed by atoms with Gasteiger partial charge < -0.3 is 9.16 Å². The first kappa shape index (κ1) is 18.4. The van der Waals surface area contributed by atoms with Gasteiger partial charge in [-0.3, -0.25) is 0 Å². The first-order valence-corrected chi connectivity index (χ1v) is 10.9. The van der Waals surface area contributed by atoms with Crippen LogP contribution in [0.2, 0.25) is 5.04 Å². The second kappa shape index (κ2) is 7.49. The zero-order valence-corrected chi connectivity index (χ0v) is 16.6. The lowest BCUT2D eigenvalue weighted by Crippen LogP contribution is -2.66. The fourth-order valence-corrected chi connectivity index (χ4v) is 8.29. The lowest BCUT2D eigenvalue weighted by Gasteiger charge is -2.43. The third-order valence-electron chi connectivity index (χ3n) is 4.88. The minimum Gasteiger partial charge on any atom is -0.483 e. The van der Waals surface area contributed by atoms with Crippen molar-refractivity contribution in [2.24, 2.45) is 5.92 Å². The molecular weight excluding hydrogens is 338 g/mol. The number of allylic oxidation sites excluding steroid dienone is 1. The van der Waals surface area contributed by atoms with Gasteiger partial charge in [0.1, 0.15) is 6.07 Å². The average Bonchev–Trinajstić information content (AvgIpc) is 3.11. The van der Waals surface area contributed by atoms with Gasteiger partial charge in [0, 0.05) is 12.5 Å². The molecule has 134 valence electrons. The molecule has 26 heavy (non-hydrogen) atoms. The van der Waals surface area contributed by atoms with Crippen LogP contribution in [0.3, 0.4) is 0 Å². The van der Waals surface area contributed by atoms with Crippen molar-refractivity contribution in [2.45, 2.75) is 25.8 Å². The monoisotopic (exact) mass is 363 g/mol. The molecule has 0 spiro atoms. The molecule has 1 aliphatic rings. The Labute approximate surface area is 157 Å². The lowest BCUT2D eigenvalue weighted by molar-refractivity contribution is 0.184. The summed E-state index contributed by atoms with van der Waals surface area (Å²) < 4.78 is 12.3. The van der Waals surface area contributed by atoms with E-state index in [2.05, 4.69) is 75.4 Å². The summed E-state index contributed by atoms with van der Waals surface area (Å²) in [5, 5.41) is 11.5. The van der Waals surface area contributed by atoms with Crippen molar-refractivity contribution in [3.63, 3.8) is 0 Å². The Hall–Kier alpha value is -2.35. The predicted molar refractivity (Wildman–Crippen MR) is 107 cm³/mol. The molecule has 0 radical (unpaired) electrons. The topological polar surface area (TPSA) is 42.2 Å². The summed E-state index contributed by atoms with van der Waals surface area (Å²) in [6, 6.07) is 23.3. The van der Waals surface area contributed by atoms with Gasteiger partial charge >= 0.3 is 0 Å². The molecule has 0 saturated heterocycles. The molecule has 0 saturated carbocycles. The van der Waals surface area contributed by atoms with Crippen molar-refractivity contribution in [1.82, 2.24) is 0 Å². The predicted octanol–water partition coefficient (Wildman–Crippen LogP) is 3.62. The highest BCUT2D eigenvalue weighted by Gasteiger charge is 2.50. The maximum atomic E-state index is 9.02. The second-order valence-corrected chi connectivity index (χ2v) is 12.0. The van der Waals surface area contributed by atoms with Gasteiger partial charge in [0.2, 0.25) is 0 Å². The van der Waals surface area contributed by atoms with Crippen LogP contribution in [0.5, 0.6) is 0 Å². The molecule has 0 N–H and O–H groups in total. The highest BCUT2D eigenvalue weighted by molar-refractivity contribution is 6.99. The average molecular weight is 364 g/mol. The Morgan fingerprint density at radius 3 is 2.00 bits per heavy atom. The normalized spacial score (nSPS) is 17.3. The van der Waals surface area contributed by atoms with Gasteiger partial charge in [0.15, 0.2) is 5.76 Å². The molecule has 4 heteroatoms. The molecule has 3 rings (SSSR count). The Morgan fingerprint density at radius 2 is 1.58 bits per heavy atom. The highest BCUT2D eigenvalue weighted by Crippen LogP contribution is 2.37. The van der Waals surface area contributed by atoms with Crippen LogP contribution in [0.1, 0.15) is 20.8 Å². The van der Waals surface area contributed by atoms with Crippen LogP contribution in [0.15, 0.2) is 72.5 Å². The summed E-state index contributed by atoms with van der Waals surface area (Å²) in [6.45, 7) is 7.86. The molecular formula is C22H25NO2Si. The quantitative estimate of drug-likeness (QED) is 0.762. The molecule has 0 unspecified atom stereocenters. The standard InChI is InChI=1S/C22H25NO2Si/c1-22(2,3)26(20-10-6-4-7-11-20,21-12-8-5-9-13-21)25-17-18-14-19(15-23)24-16-18/h4-14,18H,16-17H2,1-3H3/t18-/m1/s1. The number of hydrogen-bond donors (Lipinski definition) is 0. The SMILES string of the molecule is CC(C)(C)[Si](OC[C@@H]1C=C(C#N)OC1)(c1ccccc1)c1ccccc1. The summed E-state index contributed by atoms with van der Waals surface area (Å²) in [7, 11) is -2.52. The summed E-state index contributed by atoms with van der Waals surface area (Å²) in [6.07, 6.45) is 1.89. The molecule has 2 aromatic carbocycles. The van der Waals surface area contributed by atoms with Crippen LogP contribution in [0, 0.1) is 17.2 Å². The zero-order chi connectivity index (χ0) is 18.6. The summed E-state index contributed by atoms with van der Waals surface area (Å²) in [5.41, 5.74) is 0. The number of hydrogen-bond acceptors (Lipinski definition) is 3. The van der Waals surface area contributed by atoms with E-state index in [0.717, 1.165) is 0 Å². The largest absolute Gasteiger partial charge is 0.483 e. The minimum absolute atomic E-state index is 0.0447. The number of rotatable bonds is 5. The molecule has 0 fully saturated rings. The molecule has 1 atom stereocenters. The molecule has 0 amide bonds. The lowest BCUT2D eigenvalue weighted by atomic mass is 10.2. The highest BCUT2D eigenvalue weighted by atomic mass is 28.4. The van der Waals surface area contributed by atoms with Crippen molar-refractivity contribution >= 4 is 18.7 Å². The molecule has 2 aromatic rings. The molecule has 0 bridgehead atoms. The molecule has 1 heterocycles. The third-order valence-corrected chi connectivity index (χ3v) is 9.89. The van der Waals surface area contributed by atoms with Gasteiger partial charge in [-0.25, -0.2) is 0 Å². The van der Waals surface area contributed by atoms with Crippen molar-refractivity contribution in [3.05, 3.63) is 72.5 Å². The summed E-state index contributed by atoms with van der Waals surface area (Å²) in [4.78, 5) is 0. The van der Waals surface area contributed by atoms with Crippen LogP contribution in [0.4, 0.5) is 0 Å². The van der Waals surface area contributed by atoms with Gasteiger partial charge in [-0.1, -0.05) is 81.4 Å². The van der Waals surface area contributed by atoms with E-state index in [1.54, 1.807) is 0 Å². The zero-order valence-electron chi connectivity index (χ0n) is 15.6. The number of benzene rings is 2. The molecule has 0 aliphatic carbocycles. The van der Waals surface area contributed by atoms with Gasteiger partial charge in [-0.15, -0.1) is 0 Å². The van der Waals surface area contributed by atoms with Gasteiger partial charge in [-0.05, 0) is 21.5 Å². The number of ether oxygens (including phenoxy) is 1. The van der Waals surface area contributed by atoms with E-state index >= 15 is 0 Å². The number of nitriles is 1. The Morgan fingerprint density at radius 1 is 1.04 bits per heavy atom. The molecule has 0 aromatic heterocycles. The van der Waals surface area contributed by atoms with Crippen molar-refractivity contribution in [1.29, 1.82) is 5.26 Å². The maximum absolute atomic E-state index is 9.02. The van der Waals surface area contributed by atoms with Gasteiger partial charge in [0.25, 0.3) is 8.32 Å². The minimum atomic E-state index is -2.52. The van der Waals surface area contributed by atoms with Crippen LogP contribution in [-0.2, 0) is 9.16 Å². The van der Waals surface area contributed by atoms with Crippen LogP contribution < -0.4 is 10.4 Å². The summed E-state index contributed by atoms with van der Waals surface area (Å²) in [5.74, 6) is 0.521. The Kier molecular flexibility index (Phi) is 5.31. The molecule has 1 aliphatic heterocycles. The maximum Gasteiger partial charge on any atom is 0.261 e. The van der Waals surface area contributed by atoms with E-state index in [1.165, 1.54) is 10.4 Å². The second-order valence-electron chi connectivity index (χ2n) is 7.69. The van der Waals surface area contributed by atoms with Crippen molar-refractivity contribution in [2.75, 3.05) is 13.2 Å². The van der Waals surface area contributed by atoms with Crippen LogP contribution in [-0.4, -0.2) is 21.5 Å². The van der Waals surface area contributed by atoms with Gasteiger partial charge in [-0.2, -0.15) is 5.26 Å². The summed E-state index contributed by atoms with van der Waals surface area (Å²) >= 11 is 0. The van der Waals surface area contributed by atoms with E-state index in [1.807, 2.05) is 18.2 Å². The van der Waals surface area contributed by atoms with Crippen LogP contribution >= 0.6 is 0 Å². The van der Waals surface area contributed by atoms with E-state index in [-0.39, 0.29) is 11.0 Å². The first-order valence-electron chi connectivity index (χ1n) is 8.97. The van der Waals surface area contributed by atoms with Crippen molar-refractivity contribution in [3.8, 4) is 6.07 Å². The fourth-order valence-electron chi connectivity index (χ4n) is 3.67. The first-order chi connectivity index (χ1) is 12.5. The van der Waals surface area contributed by atoms with Gasteiger partial charge in [0.05, 0.1) is 6.61 Å². The van der Waals surface area contributed by atoms with E-state index in [4.69, 9.17) is 14.4 Å². The van der Waals surface area contributed by atoms with Crippen LogP contribution in [0.25, 0.3) is 0 Å². The molecule has 3 nitrogen and oxygen atoms in total. The number of nitrogens with zero attached hydrogens (tertiary/aromatic N) is 1. The van der Waals surface area contributed by atoms with Crippen molar-refractivity contribution < 1.29 is 9.16 Å².